The number of amides is 1. The molecule has 71 heavy (non-hydrogen) atoms. The lowest BCUT2D eigenvalue weighted by atomic mass is 9.83. The van der Waals surface area contributed by atoms with Crippen molar-refractivity contribution in [3.05, 3.63) is 116 Å². The third kappa shape index (κ3) is 14.8. The first-order valence-corrected chi connectivity index (χ1v) is 26.1. The zero-order valence-electron chi connectivity index (χ0n) is 40.9. The van der Waals surface area contributed by atoms with Crippen LogP contribution in [0, 0.1) is 37.3 Å². The molecule has 1 amide bonds. The molecule has 2 aromatic carbocycles. The first-order valence-electron chi connectivity index (χ1n) is 22.3. The molecule has 0 radical (unpaired) electrons. The van der Waals surface area contributed by atoms with E-state index >= 15 is 0 Å². The third-order valence-corrected chi connectivity index (χ3v) is 13.7. The quantitative estimate of drug-likeness (QED) is 0.0899. The Morgan fingerprint density at radius 2 is 1.06 bits per heavy atom. The van der Waals surface area contributed by atoms with Crippen LogP contribution in [0.1, 0.15) is 123 Å². The number of pyridine rings is 2. The second-order valence-corrected chi connectivity index (χ2v) is 22.7. The average molecular weight is 1050 g/mol. The molecule has 23 heteroatoms. The van der Waals surface area contributed by atoms with E-state index in [0.717, 1.165) is 63.5 Å². The van der Waals surface area contributed by atoms with Crippen molar-refractivity contribution < 1.29 is 66.7 Å². The van der Waals surface area contributed by atoms with Gasteiger partial charge in [-0.3, -0.25) is 29.0 Å². The molecule has 0 saturated heterocycles. The van der Waals surface area contributed by atoms with Gasteiger partial charge in [0.2, 0.25) is 26.0 Å². The minimum Gasteiger partial charge on any atom is -0.481 e. The van der Waals surface area contributed by atoms with Crippen molar-refractivity contribution in [2.75, 3.05) is 22.0 Å². The summed E-state index contributed by atoms with van der Waals surface area (Å²) in [6, 6.07) is 10.1. The second-order valence-electron chi connectivity index (χ2n) is 19.2. The number of benzene rings is 2. The van der Waals surface area contributed by atoms with Crippen LogP contribution in [0.2, 0.25) is 0 Å². The summed E-state index contributed by atoms with van der Waals surface area (Å²) in [5.41, 5.74) is 6.13. The summed E-state index contributed by atoms with van der Waals surface area (Å²) in [6.07, 6.45) is -4.55. The molecule has 6 rings (SSSR count). The van der Waals surface area contributed by atoms with Gasteiger partial charge < -0.3 is 16.2 Å². The molecule has 4 aromatic rings. The number of hydrogen-bond donors (Lipinski definition) is 5. The van der Waals surface area contributed by atoms with Crippen LogP contribution in [0.4, 0.5) is 46.5 Å². The highest BCUT2D eigenvalue weighted by atomic mass is 32.2. The predicted molar refractivity (Wildman–Crippen MR) is 254 cm³/mol. The van der Waals surface area contributed by atoms with Crippen molar-refractivity contribution in [2.45, 2.75) is 129 Å². The van der Waals surface area contributed by atoms with Crippen molar-refractivity contribution in [2.24, 2.45) is 17.6 Å². The van der Waals surface area contributed by atoms with Gasteiger partial charge in [-0.2, -0.15) is 26.3 Å². The number of carbonyl (C=O) groups excluding carboxylic acids is 1. The fourth-order valence-electron chi connectivity index (χ4n) is 7.76. The largest absolute Gasteiger partial charge is 0.481 e. The van der Waals surface area contributed by atoms with Gasteiger partial charge in [0.05, 0.1) is 47.2 Å². The highest BCUT2D eigenvalue weighted by molar-refractivity contribution is 7.92. The fourth-order valence-corrected chi connectivity index (χ4v) is 9.00. The van der Waals surface area contributed by atoms with Gasteiger partial charge in [0.15, 0.2) is 0 Å². The van der Waals surface area contributed by atoms with E-state index in [1.165, 1.54) is 18.2 Å². The van der Waals surface area contributed by atoms with Crippen LogP contribution in [0.3, 0.4) is 0 Å². The molecule has 0 aliphatic heterocycles. The third-order valence-electron chi connectivity index (χ3n) is 12.5. The number of aliphatic carboxylic acids is 1. The maximum atomic E-state index is 14.7. The number of halogens is 8. The molecule has 2 aromatic heterocycles. The zero-order chi connectivity index (χ0) is 54.0. The Hall–Kier alpha value is -5.42. The van der Waals surface area contributed by atoms with Gasteiger partial charge in [-0.25, -0.2) is 25.6 Å². The fraction of sp³-hybridized carbons (Fsp3) is 0.500. The minimum absolute atomic E-state index is 0.0162. The molecule has 2 aliphatic carbocycles. The number of hydrogen-bond acceptors (Lipinski definition) is 9. The summed E-state index contributed by atoms with van der Waals surface area (Å²) >= 11 is 0. The maximum absolute atomic E-state index is 14.7. The molecule has 2 aliphatic rings. The second kappa shape index (κ2) is 21.7. The predicted octanol–water partition coefficient (Wildman–Crippen LogP) is 9.36. The van der Waals surface area contributed by atoms with E-state index in [4.69, 9.17) is 10.8 Å². The summed E-state index contributed by atoms with van der Waals surface area (Å²) in [5.74, 6) is -3.22. The van der Waals surface area contributed by atoms with Crippen LogP contribution >= 0.6 is 0 Å². The Morgan fingerprint density at radius 1 is 0.676 bits per heavy atom. The summed E-state index contributed by atoms with van der Waals surface area (Å²) in [5, 5.41) is 11.8. The number of carbonyl (C=O) groups is 2. The molecule has 0 fully saturated rings. The van der Waals surface area contributed by atoms with Crippen molar-refractivity contribution in [3.63, 3.8) is 0 Å². The molecular formula is C48H60F8N6O7S2. The molecule has 4 atom stereocenters. The van der Waals surface area contributed by atoms with Gasteiger partial charge in [-0.1, -0.05) is 12.1 Å². The Labute approximate surface area is 408 Å². The SMILES string of the molecule is CC(C)(c1ccc2c(n1)CC[C@H](C(=O)O)C2)C(F)(F)F.Cc1cc([C@@H](C)N)c(F)cc1NS(C)(=O)=O.Cc1cc([C@@H](C)NC(=O)[C@H]2CCc3nc(C(C)(C)C(F)(F)F)ccc3C2)c(F)cc1NS(C)(=O)=O. The maximum Gasteiger partial charge on any atom is 0.399 e. The topological polar surface area (TPSA) is 211 Å². The monoisotopic (exact) mass is 1050 g/mol. The lowest BCUT2D eigenvalue weighted by Gasteiger charge is -2.30. The summed E-state index contributed by atoms with van der Waals surface area (Å²) in [7, 11) is -6.97. The van der Waals surface area contributed by atoms with E-state index in [2.05, 4.69) is 24.7 Å². The van der Waals surface area contributed by atoms with E-state index in [0.29, 0.717) is 66.6 Å². The van der Waals surface area contributed by atoms with E-state index in [9.17, 15) is 61.5 Å². The smallest absolute Gasteiger partial charge is 0.399 e. The number of sulfonamides is 2. The van der Waals surface area contributed by atoms with Gasteiger partial charge in [-0.15, -0.1) is 0 Å². The van der Waals surface area contributed by atoms with Crippen LogP contribution in [0.15, 0.2) is 48.5 Å². The van der Waals surface area contributed by atoms with Gasteiger partial charge in [0.1, 0.15) is 22.5 Å². The van der Waals surface area contributed by atoms with Crippen molar-refractivity contribution in [1.29, 1.82) is 0 Å². The van der Waals surface area contributed by atoms with Crippen LogP contribution < -0.4 is 20.5 Å². The van der Waals surface area contributed by atoms with Crippen LogP contribution in [-0.4, -0.2) is 68.7 Å². The Morgan fingerprint density at radius 3 is 1.44 bits per heavy atom. The van der Waals surface area contributed by atoms with Gasteiger partial charge in [0, 0.05) is 34.5 Å². The normalized spacial score (nSPS) is 17.2. The number of nitrogens with two attached hydrogens (primary N) is 1. The molecule has 0 saturated carbocycles. The molecule has 0 spiro atoms. The molecule has 0 bridgehead atoms. The average Bonchev–Trinajstić information content (AvgIpc) is 3.23. The molecular weight excluding hydrogens is 989 g/mol. The zero-order valence-corrected chi connectivity index (χ0v) is 42.5. The van der Waals surface area contributed by atoms with E-state index in [-0.39, 0.29) is 34.2 Å². The number of anilines is 2. The van der Waals surface area contributed by atoms with Crippen LogP contribution in [-0.2, 0) is 66.1 Å². The number of carboxylic acids is 1. The lowest BCUT2D eigenvalue weighted by molar-refractivity contribution is -0.181. The number of aromatic nitrogens is 2. The number of rotatable bonds is 11. The summed E-state index contributed by atoms with van der Waals surface area (Å²) in [6.45, 7) is 11.0. The molecule has 2 heterocycles. The van der Waals surface area contributed by atoms with Gasteiger partial charge in [0.25, 0.3) is 0 Å². The van der Waals surface area contributed by atoms with Crippen LogP contribution in [0.25, 0.3) is 0 Å². The van der Waals surface area contributed by atoms with Crippen molar-refractivity contribution in [1.82, 2.24) is 15.3 Å². The van der Waals surface area contributed by atoms with Crippen molar-refractivity contribution in [3.8, 4) is 0 Å². The Balaban J connectivity index is 0.000000256. The number of nitrogens with one attached hydrogen (secondary N) is 3. The van der Waals surface area contributed by atoms with E-state index < -0.39 is 84.8 Å². The highest BCUT2D eigenvalue weighted by Gasteiger charge is 2.51. The van der Waals surface area contributed by atoms with E-state index in [1.807, 2.05) is 0 Å². The number of fused-ring (bicyclic) bond motifs is 2. The number of alkyl halides is 6. The number of aryl methyl sites for hydroxylation is 4. The Bertz CT molecular complexity index is 2860. The lowest BCUT2D eigenvalue weighted by Crippen LogP contribution is -2.38. The van der Waals surface area contributed by atoms with Crippen molar-refractivity contribution >= 4 is 43.3 Å². The summed E-state index contributed by atoms with van der Waals surface area (Å²) in [4.78, 5) is 32.2. The Kier molecular flexibility index (Phi) is 17.8. The van der Waals surface area contributed by atoms with Gasteiger partial charge >= 0.3 is 18.3 Å². The highest BCUT2D eigenvalue weighted by Crippen LogP contribution is 2.42. The molecule has 13 nitrogen and oxygen atoms in total. The number of nitrogens with zero attached hydrogens (tertiary/aromatic N) is 2. The molecule has 6 N–H and O–H groups in total. The molecule has 392 valence electrons. The number of carboxylic acid groups (broad SMARTS) is 1. The first-order chi connectivity index (χ1) is 32.3. The minimum atomic E-state index is -4.44. The van der Waals surface area contributed by atoms with Crippen LogP contribution in [0.5, 0.6) is 0 Å². The van der Waals surface area contributed by atoms with Gasteiger partial charge in [-0.05, 0) is 153 Å². The molecule has 0 unspecified atom stereocenters. The first kappa shape index (κ1) is 58.2. The standard InChI is InChI=1S/C24H29F4N3O3S.C14H16F3NO2.C10H15FN2O2S/c1-13-10-17(18(25)12-20(13)31-35(5,33)34)14(2)29-22(32)16-6-8-19-15(11-16)7-9-21(30-19)23(3,4)24(26,27)28;1-13(2,14(15,16)17)11-6-4-8-7-9(12(19)20)3-5-10(8)18-11;1-6-4-8(7(2)12)9(11)5-10(6)13-16(3,14)15/h7,9-10,12,14,16,31H,6,8,11H2,1-5H3,(H,29,32);4,6,9H,3,5,7H2,1-2H3,(H,19,20);4-5,7,13H,12H2,1-3H3/t14-,16+;9-;7-/m101/s1. The summed E-state index contributed by atoms with van der Waals surface area (Å²) < 4.78 is 157. The van der Waals surface area contributed by atoms with E-state index in [1.54, 1.807) is 45.9 Å².